The van der Waals surface area contributed by atoms with Crippen LogP contribution in [0.25, 0.3) is 0 Å². The van der Waals surface area contributed by atoms with Gasteiger partial charge in [0.05, 0.1) is 12.7 Å². The number of anilines is 1. The van der Waals surface area contributed by atoms with Crippen LogP contribution in [0.2, 0.25) is 0 Å². The number of rotatable bonds is 3. The SMILES string of the molecule is CCOC(=O)C1CC2CCCCC2CN1c1cc(=O)[nH]o1. The summed E-state index contributed by atoms with van der Waals surface area (Å²) in [5.41, 5.74) is -0.279. The van der Waals surface area contributed by atoms with E-state index in [9.17, 15) is 9.59 Å². The minimum absolute atomic E-state index is 0.217. The fourth-order valence-electron chi connectivity index (χ4n) is 3.75. The monoisotopic (exact) mass is 294 g/mol. The third kappa shape index (κ3) is 2.84. The number of carbonyl (C=O) groups excluding carboxylic acids is 1. The summed E-state index contributed by atoms with van der Waals surface area (Å²) in [6.45, 7) is 2.94. The molecule has 1 aliphatic carbocycles. The first-order valence-electron chi connectivity index (χ1n) is 7.81. The van der Waals surface area contributed by atoms with Gasteiger partial charge in [-0.25, -0.2) is 4.79 Å². The number of aromatic nitrogens is 1. The molecule has 0 bridgehead atoms. The molecule has 1 N–H and O–H groups in total. The highest BCUT2D eigenvalue weighted by Gasteiger charge is 2.41. The first-order valence-corrected chi connectivity index (χ1v) is 7.81. The van der Waals surface area contributed by atoms with Crippen LogP contribution < -0.4 is 10.5 Å². The number of ether oxygens (including phenoxy) is 1. The summed E-state index contributed by atoms with van der Waals surface area (Å²) in [5, 5.41) is 2.31. The van der Waals surface area contributed by atoms with Crippen molar-refractivity contribution in [1.82, 2.24) is 5.16 Å². The van der Waals surface area contributed by atoms with Crippen LogP contribution in [0.4, 0.5) is 5.88 Å². The van der Waals surface area contributed by atoms with E-state index in [0.717, 1.165) is 13.0 Å². The molecule has 0 spiro atoms. The standard InChI is InChI=1S/C15H22N2O4/c1-2-20-15(19)12-7-10-5-3-4-6-11(10)9-17(12)14-8-13(18)16-21-14/h8,10-12H,2-7,9H2,1H3,(H,16,18). The van der Waals surface area contributed by atoms with Gasteiger partial charge in [-0.05, 0) is 31.6 Å². The molecule has 1 aromatic heterocycles. The Kier molecular flexibility index (Phi) is 4.03. The Morgan fingerprint density at radius 2 is 2.19 bits per heavy atom. The second-order valence-corrected chi connectivity index (χ2v) is 6.01. The van der Waals surface area contributed by atoms with E-state index in [0.29, 0.717) is 24.3 Å². The van der Waals surface area contributed by atoms with Gasteiger partial charge in [-0.2, -0.15) is 5.16 Å². The normalized spacial score (nSPS) is 29.0. The zero-order valence-corrected chi connectivity index (χ0v) is 12.3. The average Bonchev–Trinajstić information content (AvgIpc) is 2.92. The molecule has 116 valence electrons. The lowest BCUT2D eigenvalue weighted by molar-refractivity contribution is -0.146. The van der Waals surface area contributed by atoms with E-state index in [4.69, 9.17) is 9.26 Å². The average molecular weight is 294 g/mol. The number of carbonyl (C=O) groups is 1. The van der Waals surface area contributed by atoms with Crippen molar-refractivity contribution in [1.29, 1.82) is 0 Å². The smallest absolute Gasteiger partial charge is 0.328 e. The molecule has 3 atom stereocenters. The maximum absolute atomic E-state index is 12.3. The number of nitrogens with zero attached hydrogens (tertiary/aromatic N) is 1. The number of piperidine rings is 1. The Morgan fingerprint density at radius 1 is 1.43 bits per heavy atom. The van der Waals surface area contributed by atoms with Gasteiger partial charge in [-0.15, -0.1) is 0 Å². The van der Waals surface area contributed by atoms with Gasteiger partial charge in [0.2, 0.25) is 5.88 Å². The lowest BCUT2D eigenvalue weighted by atomic mass is 9.73. The molecule has 1 aromatic rings. The van der Waals surface area contributed by atoms with Gasteiger partial charge in [0.15, 0.2) is 0 Å². The molecule has 21 heavy (non-hydrogen) atoms. The number of H-pyrrole nitrogens is 1. The van der Waals surface area contributed by atoms with Crippen molar-refractivity contribution in [3.8, 4) is 0 Å². The minimum atomic E-state index is -0.344. The van der Waals surface area contributed by atoms with Crippen LogP contribution in [-0.4, -0.2) is 30.3 Å². The number of hydrogen-bond donors (Lipinski definition) is 1. The van der Waals surface area contributed by atoms with Crippen LogP contribution >= 0.6 is 0 Å². The van der Waals surface area contributed by atoms with Crippen molar-refractivity contribution in [2.75, 3.05) is 18.1 Å². The summed E-state index contributed by atoms with van der Waals surface area (Å²) in [7, 11) is 0. The van der Waals surface area contributed by atoms with Crippen LogP contribution in [0.1, 0.15) is 39.0 Å². The lowest BCUT2D eigenvalue weighted by Crippen LogP contribution is -2.52. The summed E-state index contributed by atoms with van der Waals surface area (Å²) in [4.78, 5) is 25.5. The summed E-state index contributed by atoms with van der Waals surface area (Å²) in [6, 6.07) is 1.07. The molecule has 6 nitrogen and oxygen atoms in total. The number of hydrogen-bond acceptors (Lipinski definition) is 5. The predicted octanol–water partition coefficient (Wildman–Crippen LogP) is 1.92. The molecule has 0 radical (unpaired) electrons. The topological polar surface area (TPSA) is 75.5 Å². The second-order valence-electron chi connectivity index (χ2n) is 6.01. The molecular formula is C15H22N2O4. The molecule has 2 fully saturated rings. The van der Waals surface area contributed by atoms with E-state index in [2.05, 4.69) is 5.16 Å². The Balaban J connectivity index is 1.85. The first kappa shape index (κ1) is 14.2. The predicted molar refractivity (Wildman–Crippen MR) is 77.2 cm³/mol. The van der Waals surface area contributed by atoms with Crippen molar-refractivity contribution in [3.63, 3.8) is 0 Å². The van der Waals surface area contributed by atoms with Crippen LogP contribution in [0.5, 0.6) is 0 Å². The number of fused-ring (bicyclic) bond motifs is 1. The first-order chi connectivity index (χ1) is 10.2. The molecule has 6 heteroatoms. The minimum Gasteiger partial charge on any atom is -0.464 e. The third-order valence-corrected chi connectivity index (χ3v) is 4.75. The zero-order valence-electron chi connectivity index (χ0n) is 12.3. The highest BCUT2D eigenvalue weighted by molar-refractivity contribution is 5.79. The van der Waals surface area contributed by atoms with E-state index in [1.165, 1.54) is 31.7 Å². The molecule has 1 saturated carbocycles. The van der Waals surface area contributed by atoms with Gasteiger partial charge in [0.1, 0.15) is 6.04 Å². The third-order valence-electron chi connectivity index (χ3n) is 4.75. The number of esters is 1. The van der Waals surface area contributed by atoms with E-state index in [1.807, 2.05) is 11.8 Å². The van der Waals surface area contributed by atoms with E-state index < -0.39 is 0 Å². The Labute approximate surface area is 123 Å². The summed E-state index contributed by atoms with van der Waals surface area (Å²) >= 11 is 0. The molecule has 3 unspecified atom stereocenters. The van der Waals surface area contributed by atoms with E-state index in [-0.39, 0.29) is 17.6 Å². The number of nitrogens with one attached hydrogen (secondary N) is 1. The van der Waals surface area contributed by atoms with Gasteiger partial charge in [0, 0.05) is 6.54 Å². The van der Waals surface area contributed by atoms with Crippen LogP contribution in [0.3, 0.4) is 0 Å². The van der Waals surface area contributed by atoms with Gasteiger partial charge >= 0.3 is 5.97 Å². The quantitative estimate of drug-likeness (QED) is 0.862. The highest BCUT2D eigenvalue weighted by atomic mass is 16.5. The largest absolute Gasteiger partial charge is 0.464 e. The van der Waals surface area contributed by atoms with Crippen LogP contribution in [0, 0.1) is 11.8 Å². The maximum Gasteiger partial charge on any atom is 0.328 e. The maximum atomic E-state index is 12.3. The Hall–Kier alpha value is -1.72. The molecule has 0 amide bonds. The van der Waals surface area contributed by atoms with Crippen LogP contribution in [0.15, 0.2) is 15.4 Å². The van der Waals surface area contributed by atoms with Crippen molar-refractivity contribution in [2.45, 2.75) is 45.1 Å². The molecular weight excluding hydrogens is 272 g/mol. The fraction of sp³-hybridized carbons (Fsp3) is 0.733. The van der Waals surface area contributed by atoms with Gasteiger partial charge in [0.25, 0.3) is 5.56 Å². The summed E-state index contributed by atoms with van der Waals surface area (Å²) < 4.78 is 10.4. The summed E-state index contributed by atoms with van der Waals surface area (Å²) in [5.74, 6) is 1.38. The molecule has 0 aromatic carbocycles. The molecule has 1 saturated heterocycles. The molecule has 3 rings (SSSR count). The second kappa shape index (κ2) is 5.95. The van der Waals surface area contributed by atoms with Crippen LogP contribution in [-0.2, 0) is 9.53 Å². The Morgan fingerprint density at radius 3 is 2.86 bits per heavy atom. The zero-order chi connectivity index (χ0) is 14.8. The highest BCUT2D eigenvalue weighted by Crippen LogP contribution is 2.40. The van der Waals surface area contributed by atoms with Crippen molar-refractivity contribution in [3.05, 3.63) is 16.4 Å². The number of aromatic amines is 1. The van der Waals surface area contributed by atoms with Crippen molar-refractivity contribution < 1.29 is 14.1 Å². The van der Waals surface area contributed by atoms with Gasteiger partial charge in [-0.1, -0.05) is 19.3 Å². The van der Waals surface area contributed by atoms with Crippen molar-refractivity contribution in [2.24, 2.45) is 11.8 Å². The molecule has 2 aliphatic rings. The van der Waals surface area contributed by atoms with Crippen molar-refractivity contribution >= 4 is 11.9 Å². The van der Waals surface area contributed by atoms with E-state index in [1.54, 1.807) is 0 Å². The molecule has 1 aliphatic heterocycles. The Bertz CT molecular complexity index is 550. The summed E-state index contributed by atoms with van der Waals surface area (Å²) in [6.07, 6.45) is 5.65. The van der Waals surface area contributed by atoms with E-state index >= 15 is 0 Å². The van der Waals surface area contributed by atoms with Gasteiger partial charge < -0.3 is 14.2 Å². The fourth-order valence-corrected chi connectivity index (χ4v) is 3.75. The molecule has 2 heterocycles. The lowest BCUT2D eigenvalue weighted by Gasteiger charge is -2.44. The van der Waals surface area contributed by atoms with Gasteiger partial charge in [-0.3, -0.25) is 4.79 Å².